The fourth-order valence-corrected chi connectivity index (χ4v) is 1.47. The molecule has 0 aromatic rings. The minimum atomic E-state index is -1.08. The third-order valence-corrected chi connectivity index (χ3v) is 2.29. The number of nitrogens with two attached hydrogens (primary N) is 1. The van der Waals surface area contributed by atoms with Crippen LogP contribution in [0.25, 0.3) is 0 Å². The molecule has 0 rings (SSSR count). The maximum atomic E-state index is 13.7. The maximum Gasteiger partial charge on any atom is 0.123 e. The molecule has 1 nitrogen and oxygen atoms in total. The average Bonchev–Trinajstić information content (AvgIpc) is 2.06. The van der Waals surface area contributed by atoms with Gasteiger partial charge in [-0.2, -0.15) is 0 Å². The Bertz CT molecular complexity index is 106. The van der Waals surface area contributed by atoms with E-state index in [1.165, 1.54) is 0 Å². The zero-order valence-corrected chi connectivity index (χ0v) is 8.41. The van der Waals surface area contributed by atoms with Crippen molar-refractivity contribution in [1.29, 1.82) is 0 Å². The molecule has 0 saturated heterocycles. The zero-order valence-electron chi connectivity index (χ0n) is 8.41. The second-order valence-electron chi connectivity index (χ2n) is 3.56. The molecule has 2 heteroatoms. The number of hydrogen-bond donors (Lipinski definition) is 1. The molecule has 1 unspecified atom stereocenters. The van der Waals surface area contributed by atoms with Crippen LogP contribution in [-0.2, 0) is 0 Å². The summed E-state index contributed by atoms with van der Waals surface area (Å²) in [5.74, 6) is 0. The Morgan fingerprint density at radius 2 is 1.75 bits per heavy atom. The minimum absolute atomic E-state index is 0.185. The van der Waals surface area contributed by atoms with Gasteiger partial charge in [0.1, 0.15) is 5.67 Å². The van der Waals surface area contributed by atoms with E-state index >= 15 is 0 Å². The molecule has 2 N–H and O–H groups in total. The summed E-state index contributed by atoms with van der Waals surface area (Å²) in [5, 5.41) is 0. The molecule has 1 atom stereocenters. The zero-order chi connectivity index (χ0) is 9.45. The average molecular weight is 175 g/mol. The molecule has 74 valence electrons. The smallest absolute Gasteiger partial charge is 0.123 e. The summed E-state index contributed by atoms with van der Waals surface area (Å²) in [6.45, 7) is 4.32. The molecule has 0 heterocycles. The van der Waals surface area contributed by atoms with Gasteiger partial charge in [0, 0.05) is 6.54 Å². The Balaban J connectivity index is 3.63. The van der Waals surface area contributed by atoms with Crippen LogP contribution in [0.5, 0.6) is 0 Å². The quantitative estimate of drug-likeness (QED) is 0.591. The highest BCUT2D eigenvalue weighted by atomic mass is 19.1. The van der Waals surface area contributed by atoms with Gasteiger partial charge in [-0.15, -0.1) is 0 Å². The van der Waals surface area contributed by atoms with Gasteiger partial charge in [0.25, 0.3) is 0 Å². The fraction of sp³-hybridized carbons (Fsp3) is 1.00. The lowest BCUT2D eigenvalue weighted by Crippen LogP contribution is -2.32. The molecular weight excluding hydrogens is 153 g/mol. The third-order valence-electron chi connectivity index (χ3n) is 2.29. The van der Waals surface area contributed by atoms with Crippen molar-refractivity contribution < 1.29 is 4.39 Å². The number of unbranched alkanes of at least 4 members (excludes halogenated alkanes) is 2. The summed E-state index contributed by atoms with van der Waals surface area (Å²) in [7, 11) is 0. The van der Waals surface area contributed by atoms with E-state index in [1.807, 2.05) is 6.92 Å². The van der Waals surface area contributed by atoms with E-state index in [9.17, 15) is 4.39 Å². The van der Waals surface area contributed by atoms with Crippen LogP contribution in [-0.4, -0.2) is 12.2 Å². The molecule has 0 aliphatic rings. The molecule has 0 amide bonds. The van der Waals surface area contributed by atoms with E-state index in [4.69, 9.17) is 5.73 Å². The van der Waals surface area contributed by atoms with Gasteiger partial charge < -0.3 is 5.73 Å². The van der Waals surface area contributed by atoms with Crippen LogP contribution in [0.3, 0.4) is 0 Å². The van der Waals surface area contributed by atoms with E-state index in [0.717, 1.165) is 25.7 Å². The van der Waals surface area contributed by atoms with Gasteiger partial charge in [-0.1, -0.05) is 39.5 Å². The van der Waals surface area contributed by atoms with Crippen LogP contribution in [0.15, 0.2) is 0 Å². The topological polar surface area (TPSA) is 26.0 Å². The first-order chi connectivity index (χ1) is 5.68. The van der Waals surface area contributed by atoms with Gasteiger partial charge in [-0.25, -0.2) is 4.39 Å². The van der Waals surface area contributed by atoms with E-state index in [-0.39, 0.29) is 6.54 Å². The van der Waals surface area contributed by atoms with Gasteiger partial charge in [-0.05, 0) is 12.8 Å². The summed E-state index contributed by atoms with van der Waals surface area (Å²) in [4.78, 5) is 0. The molecule has 0 saturated carbocycles. The molecule has 0 aliphatic carbocycles. The van der Waals surface area contributed by atoms with E-state index in [2.05, 4.69) is 6.92 Å². The number of hydrogen-bond acceptors (Lipinski definition) is 1. The van der Waals surface area contributed by atoms with E-state index < -0.39 is 5.67 Å². The summed E-state index contributed by atoms with van der Waals surface area (Å²) < 4.78 is 13.7. The highest BCUT2D eigenvalue weighted by molar-refractivity contribution is 4.79. The molecule has 0 fully saturated rings. The Labute approximate surface area is 75.5 Å². The van der Waals surface area contributed by atoms with E-state index in [1.54, 1.807) is 0 Å². The molecule has 0 aliphatic heterocycles. The Morgan fingerprint density at radius 3 is 2.17 bits per heavy atom. The number of alkyl halides is 1. The monoisotopic (exact) mass is 175 g/mol. The van der Waals surface area contributed by atoms with Crippen molar-refractivity contribution in [3.8, 4) is 0 Å². The first kappa shape index (κ1) is 11.9. The van der Waals surface area contributed by atoms with Crippen molar-refractivity contribution in [1.82, 2.24) is 0 Å². The molecule has 0 radical (unpaired) electrons. The van der Waals surface area contributed by atoms with E-state index in [0.29, 0.717) is 12.8 Å². The molecule has 0 bridgehead atoms. The number of halogens is 1. The number of rotatable bonds is 7. The van der Waals surface area contributed by atoms with Crippen molar-refractivity contribution in [3.63, 3.8) is 0 Å². The summed E-state index contributed by atoms with van der Waals surface area (Å²) >= 11 is 0. The van der Waals surface area contributed by atoms with Crippen molar-refractivity contribution in [3.05, 3.63) is 0 Å². The Hall–Kier alpha value is -0.110. The first-order valence-electron chi connectivity index (χ1n) is 5.07. The van der Waals surface area contributed by atoms with Crippen molar-refractivity contribution in [2.24, 2.45) is 5.73 Å². The van der Waals surface area contributed by atoms with Gasteiger partial charge >= 0.3 is 0 Å². The predicted molar refractivity (Wildman–Crippen MR) is 51.9 cm³/mol. The second kappa shape index (κ2) is 6.41. The van der Waals surface area contributed by atoms with Crippen molar-refractivity contribution >= 4 is 0 Å². The van der Waals surface area contributed by atoms with Gasteiger partial charge in [-0.3, -0.25) is 0 Å². The highest BCUT2D eigenvalue weighted by Gasteiger charge is 2.25. The molecule has 0 spiro atoms. The lowest BCUT2D eigenvalue weighted by molar-refractivity contribution is 0.141. The van der Waals surface area contributed by atoms with Gasteiger partial charge in [0.15, 0.2) is 0 Å². The minimum Gasteiger partial charge on any atom is -0.328 e. The van der Waals surface area contributed by atoms with Gasteiger partial charge in [0.2, 0.25) is 0 Å². The summed E-state index contributed by atoms with van der Waals surface area (Å²) in [6, 6.07) is 0. The van der Waals surface area contributed by atoms with Crippen LogP contribution in [0.2, 0.25) is 0 Å². The van der Waals surface area contributed by atoms with Crippen LogP contribution < -0.4 is 5.73 Å². The first-order valence-corrected chi connectivity index (χ1v) is 5.07. The second-order valence-corrected chi connectivity index (χ2v) is 3.56. The largest absolute Gasteiger partial charge is 0.328 e. The Kier molecular flexibility index (Phi) is 6.35. The molecule has 0 aromatic heterocycles. The maximum absolute atomic E-state index is 13.7. The summed E-state index contributed by atoms with van der Waals surface area (Å²) in [5.41, 5.74) is 4.32. The predicted octanol–water partition coefficient (Wildman–Crippen LogP) is 3.03. The lowest BCUT2D eigenvalue weighted by Gasteiger charge is -2.22. The molecular formula is C10H22FN. The van der Waals surface area contributed by atoms with Gasteiger partial charge in [0.05, 0.1) is 0 Å². The van der Waals surface area contributed by atoms with Crippen LogP contribution >= 0.6 is 0 Å². The summed E-state index contributed by atoms with van der Waals surface area (Å²) in [6.07, 6.45) is 5.39. The van der Waals surface area contributed by atoms with Crippen LogP contribution in [0.4, 0.5) is 4.39 Å². The van der Waals surface area contributed by atoms with Crippen molar-refractivity contribution in [2.45, 2.75) is 58.0 Å². The standard InChI is InChI=1S/C10H22FN/c1-3-5-6-8-10(11,9-12)7-4-2/h3-9,12H2,1-2H3. The van der Waals surface area contributed by atoms with Crippen LogP contribution in [0.1, 0.15) is 52.4 Å². The van der Waals surface area contributed by atoms with Crippen molar-refractivity contribution in [2.75, 3.05) is 6.54 Å². The lowest BCUT2D eigenvalue weighted by atomic mass is 9.93. The Morgan fingerprint density at radius 1 is 1.08 bits per heavy atom. The normalized spacial score (nSPS) is 16.0. The molecule has 12 heavy (non-hydrogen) atoms. The molecule has 0 aromatic carbocycles. The SMILES string of the molecule is CCCCCC(F)(CN)CCC. The third kappa shape index (κ3) is 4.70. The highest BCUT2D eigenvalue weighted by Crippen LogP contribution is 2.24. The fourth-order valence-electron chi connectivity index (χ4n) is 1.47. The van der Waals surface area contributed by atoms with Crippen LogP contribution in [0, 0.1) is 0 Å².